The van der Waals surface area contributed by atoms with Gasteiger partial charge in [-0.2, -0.15) is 0 Å². The average molecular weight is 639 g/mol. The second-order valence-corrected chi connectivity index (χ2v) is 31.6. The van der Waals surface area contributed by atoms with Crippen LogP contribution < -0.4 is 0 Å². The molecule has 0 radical (unpaired) electrons. The van der Waals surface area contributed by atoms with Gasteiger partial charge in [0.1, 0.15) is 0 Å². The Morgan fingerprint density at radius 3 is 2.00 bits per heavy atom. The standard InChI is InChI=1S/C34H66O5Si3/c1-23(14-17-31(35)36-4)26-15-16-27-32-28(22-30(34(26,27)3)39-42(11,12)13)33(2)19-18-25(37-40(5,6)7)20-24(33)21-29(32)38-41(8,9)10/h23-30,32H,14-22H2,1-13H3/t23-,24+,25-,26-,27+,28+,29+,30-,32+,33+,34-/m1/s1. The number of ether oxygens (including phenoxy) is 1. The molecule has 42 heavy (non-hydrogen) atoms. The summed E-state index contributed by atoms with van der Waals surface area (Å²) in [4.78, 5) is 12.1. The van der Waals surface area contributed by atoms with E-state index >= 15 is 0 Å². The first kappa shape index (κ1) is 34.9. The van der Waals surface area contributed by atoms with Gasteiger partial charge in [0, 0.05) is 18.6 Å². The Hall–Kier alpha value is 0.000649. The third kappa shape index (κ3) is 7.35. The van der Waals surface area contributed by atoms with Gasteiger partial charge in [-0.25, -0.2) is 0 Å². The molecule has 4 rings (SSSR count). The van der Waals surface area contributed by atoms with Crippen molar-refractivity contribution in [2.45, 2.75) is 156 Å². The van der Waals surface area contributed by atoms with Crippen molar-refractivity contribution in [1.82, 2.24) is 0 Å². The summed E-state index contributed by atoms with van der Waals surface area (Å²) in [6.45, 7) is 29.0. The molecule has 0 aromatic heterocycles. The monoisotopic (exact) mass is 638 g/mol. The molecule has 0 unspecified atom stereocenters. The lowest BCUT2D eigenvalue weighted by atomic mass is 9.43. The minimum Gasteiger partial charge on any atom is -0.469 e. The lowest BCUT2D eigenvalue weighted by Crippen LogP contribution is -2.64. The van der Waals surface area contributed by atoms with E-state index in [-0.39, 0.29) is 17.5 Å². The molecule has 5 nitrogen and oxygen atoms in total. The van der Waals surface area contributed by atoms with Crippen molar-refractivity contribution in [1.29, 1.82) is 0 Å². The first-order valence-electron chi connectivity index (χ1n) is 17.3. The molecule has 0 N–H and O–H groups in total. The molecule has 0 aliphatic heterocycles. The van der Waals surface area contributed by atoms with Gasteiger partial charge in [0.15, 0.2) is 25.0 Å². The van der Waals surface area contributed by atoms with E-state index in [2.05, 4.69) is 79.7 Å². The van der Waals surface area contributed by atoms with Crippen LogP contribution in [-0.4, -0.2) is 56.3 Å². The molecule has 11 atom stereocenters. The van der Waals surface area contributed by atoms with Gasteiger partial charge in [-0.15, -0.1) is 0 Å². The molecule has 0 saturated heterocycles. The summed E-state index contributed by atoms with van der Waals surface area (Å²) >= 11 is 0. The first-order chi connectivity index (χ1) is 19.2. The summed E-state index contributed by atoms with van der Waals surface area (Å²) in [6, 6.07) is 0. The van der Waals surface area contributed by atoms with Crippen LogP contribution in [-0.2, 0) is 22.8 Å². The lowest BCUT2D eigenvalue weighted by Gasteiger charge is -2.66. The molecular weight excluding hydrogens is 573 g/mol. The zero-order valence-electron chi connectivity index (χ0n) is 29.6. The zero-order chi connectivity index (χ0) is 31.5. The Morgan fingerprint density at radius 2 is 1.43 bits per heavy atom. The van der Waals surface area contributed by atoms with E-state index in [0.29, 0.717) is 59.6 Å². The third-order valence-corrected chi connectivity index (χ3v) is 15.0. The summed E-state index contributed by atoms with van der Waals surface area (Å²) in [5.41, 5.74) is 0.430. The van der Waals surface area contributed by atoms with Gasteiger partial charge in [-0.3, -0.25) is 4.79 Å². The predicted molar refractivity (Wildman–Crippen MR) is 181 cm³/mol. The van der Waals surface area contributed by atoms with Gasteiger partial charge in [-0.1, -0.05) is 20.8 Å². The molecule has 244 valence electrons. The Morgan fingerprint density at radius 1 is 0.810 bits per heavy atom. The van der Waals surface area contributed by atoms with Crippen LogP contribution in [0.15, 0.2) is 0 Å². The molecule has 4 aliphatic carbocycles. The van der Waals surface area contributed by atoms with Crippen molar-refractivity contribution >= 4 is 30.9 Å². The van der Waals surface area contributed by atoms with Crippen LogP contribution in [0.25, 0.3) is 0 Å². The van der Waals surface area contributed by atoms with Gasteiger partial charge in [0.2, 0.25) is 0 Å². The van der Waals surface area contributed by atoms with E-state index < -0.39 is 25.0 Å². The number of carbonyl (C=O) groups excluding carboxylic acids is 1. The minimum absolute atomic E-state index is 0.0799. The summed E-state index contributed by atoms with van der Waals surface area (Å²) in [5.74, 6) is 3.45. The maximum Gasteiger partial charge on any atom is 0.305 e. The third-order valence-electron chi connectivity index (χ3n) is 12.0. The molecule has 8 heteroatoms. The Kier molecular flexibility index (Phi) is 10.2. The van der Waals surface area contributed by atoms with E-state index in [1.54, 1.807) is 0 Å². The molecule has 0 aromatic rings. The molecule has 0 amide bonds. The van der Waals surface area contributed by atoms with Crippen molar-refractivity contribution in [2.24, 2.45) is 46.3 Å². The number of methoxy groups -OCH3 is 1. The smallest absolute Gasteiger partial charge is 0.305 e. The molecular formula is C34H66O5Si3. The topological polar surface area (TPSA) is 54.0 Å². The van der Waals surface area contributed by atoms with E-state index in [0.717, 1.165) is 6.42 Å². The van der Waals surface area contributed by atoms with Crippen LogP contribution in [0.1, 0.15) is 78.6 Å². The number of hydrogen-bond acceptors (Lipinski definition) is 5. The fraction of sp³-hybridized carbons (Fsp3) is 0.971. The van der Waals surface area contributed by atoms with Crippen LogP contribution in [0.3, 0.4) is 0 Å². The fourth-order valence-electron chi connectivity index (χ4n) is 10.5. The average Bonchev–Trinajstić information content (AvgIpc) is 3.19. The molecule has 0 aromatic carbocycles. The van der Waals surface area contributed by atoms with E-state index in [1.807, 2.05) is 0 Å². The van der Waals surface area contributed by atoms with E-state index in [9.17, 15) is 4.79 Å². The van der Waals surface area contributed by atoms with Gasteiger partial charge in [0.05, 0.1) is 13.2 Å². The summed E-state index contributed by atoms with van der Waals surface area (Å²) in [7, 11) is -3.61. The van der Waals surface area contributed by atoms with Crippen LogP contribution in [0.5, 0.6) is 0 Å². The molecule has 0 heterocycles. The highest BCUT2D eigenvalue weighted by atomic mass is 28.4. The number of rotatable bonds is 10. The molecule has 4 saturated carbocycles. The Bertz CT molecular complexity index is 954. The van der Waals surface area contributed by atoms with Crippen LogP contribution in [0, 0.1) is 46.3 Å². The molecule has 4 aliphatic rings. The first-order valence-corrected chi connectivity index (χ1v) is 27.5. The van der Waals surface area contributed by atoms with Crippen molar-refractivity contribution < 1.29 is 22.8 Å². The van der Waals surface area contributed by atoms with Crippen molar-refractivity contribution in [3.63, 3.8) is 0 Å². The summed E-state index contributed by atoms with van der Waals surface area (Å²) in [6.07, 6.45) is 11.0. The second kappa shape index (κ2) is 12.3. The maximum absolute atomic E-state index is 12.1. The highest BCUT2D eigenvalue weighted by Crippen LogP contribution is 2.69. The van der Waals surface area contributed by atoms with Crippen LogP contribution in [0.4, 0.5) is 0 Å². The fourth-order valence-corrected chi connectivity index (χ4v) is 14.1. The van der Waals surface area contributed by atoms with Crippen molar-refractivity contribution in [3.8, 4) is 0 Å². The summed E-state index contributed by atoms with van der Waals surface area (Å²) in [5, 5.41) is 0. The van der Waals surface area contributed by atoms with Gasteiger partial charge < -0.3 is 18.0 Å². The normalized spacial score (nSPS) is 41.5. The number of esters is 1. The van der Waals surface area contributed by atoms with Crippen molar-refractivity contribution in [3.05, 3.63) is 0 Å². The van der Waals surface area contributed by atoms with E-state index in [4.69, 9.17) is 18.0 Å². The quantitative estimate of drug-likeness (QED) is 0.176. The Labute approximate surface area is 262 Å². The number of fused-ring (bicyclic) bond motifs is 5. The highest BCUT2D eigenvalue weighted by molar-refractivity contribution is 6.70. The van der Waals surface area contributed by atoms with Gasteiger partial charge in [0.25, 0.3) is 0 Å². The molecule has 0 bridgehead atoms. The predicted octanol–water partition coefficient (Wildman–Crippen LogP) is 9.11. The van der Waals surface area contributed by atoms with Gasteiger partial charge in [-0.05, 0) is 157 Å². The molecule has 4 fully saturated rings. The maximum atomic E-state index is 12.1. The van der Waals surface area contributed by atoms with Gasteiger partial charge >= 0.3 is 5.97 Å². The summed E-state index contributed by atoms with van der Waals surface area (Å²) < 4.78 is 26.4. The van der Waals surface area contributed by atoms with Crippen molar-refractivity contribution in [2.75, 3.05) is 7.11 Å². The zero-order valence-corrected chi connectivity index (χ0v) is 32.6. The SMILES string of the molecule is COC(=O)CC[C@@H](C)[C@H]1CC[C@H]2[C@@H]3[C@@H](O[Si](C)(C)C)C[C@@H]4C[C@H](O[Si](C)(C)C)CC[C@]4(C)[C@H]3C[C@@H](O[Si](C)(C)C)[C@]12C. The van der Waals surface area contributed by atoms with Crippen LogP contribution >= 0.6 is 0 Å². The molecule has 0 spiro atoms. The van der Waals surface area contributed by atoms with E-state index in [1.165, 1.54) is 52.1 Å². The van der Waals surface area contributed by atoms with Crippen LogP contribution in [0.2, 0.25) is 58.9 Å². The largest absolute Gasteiger partial charge is 0.469 e. The Balaban J connectivity index is 1.72. The minimum atomic E-state index is -1.79. The lowest BCUT2D eigenvalue weighted by molar-refractivity contribution is -0.199. The highest BCUT2D eigenvalue weighted by Gasteiger charge is 2.67. The second-order valence-electron chi connectivity index (χ2n) is 18.2. The number of hydrogen-bond donors (Lipinski definition) is 0. The number of carbonyl (C=O) groups is 1.